The molecule has 1 aliphatic heterocycles. The number of hydrogen-bond donors (Lipinski definition) is 2. The minimum Gasteiger partial charge on any atom is -0.381 e. The summed E-state index contributed by atoms with van der Waals surface area (Å²) in [5.74, 6) is 1.44. The molecule has 6 heteroatoms. The second kappa shape index (κ2) is 5.18. The van der Waals surface area contributed by atoms with E-state index in [0.717, 1.165) is 36.3 Å². The molecule has 1 aromatic heterocycles. The summed E-state index contributed by atoms with van der Waals surface area (Å²) in [6, 6.07) is 0. The average Bonchev–Trinajstić information content (AvgIpc) is 2.33. The fourth-order valence-corrected chi connectivity index (χ4v) is 2.10. The van der Waals surface area contributed by atoms with Crippen molar-refractivity contribution in [3.05, 3.63) is 10.7 Å². The highest BCUT2D eigenvalue weighted by atomic mass is 79.9. The molecule has 0 radical (unpaired) electrons. The Bertz CT molecular complexity index is 393. The zero-order valence-electron chi connectivity index (χ0n) is 10.1. The Morgan fingerprint density at radius 2 is 2.12 bits per heavy atom. The van der Waals surface area contributed by atoms with Crippen LogP contribution in [0.1, 0.15) is 19.8 Å². The van der Waals surface area contributed by atoms with E-state index in [1.165, 1.54) is 0 Å². The van der Waals surface area contributed by atoms with Gasteiger partial charge >= 0.3 is 0 Å². The molecule has 2 N–H and O–H groups in total. The number of hydrogen-bond acceptors (Lipinski definition) is 5. The Morgan fingerprint density at radius 1 is 1.41 bits per heavy atom. The maximum absolute atomic E-state index is 5.38. The Balaban J connectivity index is 2.16. The smallest absolute Gasteiger partial charge is 0.224 e. The number of halogens is 1. The quantitative estimate of drug-likeness (QED) is 0.897. The van der Waals surface area contributed by atoms with Crippen molar-refractivity contribution in [1.82, 2.24) is 9.97 Å². The molecule has 0 spiro atoms. The van der Waals surface area contributed by atoms with E-state index in [0.29, 0.717) is 5.95 Å². The van der Waals surface area contributed by atoms with Gasteiger partial charge in [-0.25, -0.2) is 4.98 Å². The van der Waals surface area contributed by atoms with E-state index >= 15 is 0 Å². The van der Waals surface area contributed by atoms with Gasteiger partial charge in [-0.3, -0.25) is 0 Å². The first-order chi connectivity index (χ1) is 8.13. The lowest BCUT2D eigenvalue weighted by atomic mass is 9.92. The van der Waals surface area contributed by atoms with Gasteiger partial charge in [0.1, 0.15) is 5.82 Å². The lowest BCUT2D eigenvalue weighted by Crippen LogP contribution is -2.41. The molecular formula is C11H17BrN4O. The third kappa shape index (κ3) is 3.07. The van der Waals surface area contributed by atoms with E-state index in [2.05, 4.69) is 43.5 Å². The van der Waals surface area contributed by atoms with Crippen molar-refractivity contribution < 1.29 is 4.74 Å². The van der Waals surface area contributed by atoms with Crippen LogP contribution >= 0.6 is 15.9 Å². The van der Waals surface area contributed by atoms with Crippen LogP contribution in [0, 0.1) is 0 Å². The molecule has 0 aromatic carbocycles. The van der Waals surface area contributed by atoms with Gasteiger partial charge in [-0.15, -0.1) is 0 Å². The van der Waals surface area contributed by atoms with Crippen LogP contribution in [-0.4, -0.2) is 35.8 Å². The highest BCUT2D eigenvalue weighted by molar-refractivity contribution is 9.10. The molecule has 0 atom stereocenters. The van der Waals surface area contributed by atoms with Crippen molar-refractivity contribution >= 4 is 27.7 Å². The fraction of sp³-hybridized carbons (Fsp3) is 0.636. The molecule has 1 saturated heterocycles. The van der Waals surface area contributed by atoms with Crippen LogP contribution in [0.25, 0.3) is 0 Å². The van der Waals surface area contributed by atoms with Gasteiger partial charge in [-0.1, -0.05) is 0 Å². The Labute approximate surface area is 110 Å². The molecule has 0 saturated carbocycles. The van der Waals surface area contributed by atoms with Crippen molar-refractivity contribution in [3.8, 4) is 0 Å². The number of anilines is 2. The van der Waals surface area contributed by atoms with Gasteiger partial charge in [0.2, 0.25) is 5.95 Å². The maximum atomic E-state index is 5.38. The van der Waals surface area contributed by atoms with E-state index < -0.39 is 0 Å². The van der Waals surface area contributed by atoms with Gasteiger partial charge in [-0.05, 0) is 35.7 Å². The summed E-state index contributed by atoms with van der Waals surface area (Å²) in [7, 11) is 1.81. The minimum atomic E-state index is 0.0418. The largest absolute Gasteiger partial charge is 0.381 e. The van der Waals surface area contributed by atoms with Crippen molar-refractivity contribution in [2.45, 2.75) is 25.3 Å². The van der Waals surface area contributed by atoms with Crippen LogP contribution in [0.15, 0.2) is 10.7 Å². The summed E-state index contributed by atoms with van der Waals surface area (Å²) in [5, 5.41) is 6.42. The van der Waals surface area contributed by atoms with Crippen molar-refractivity contribution in [3.63, 3.8) is 0 Å². The van der Waals surface area contributed by atoms with Crippen LogP contribution in [0.4, 0.5) is 11.8 Å². The normalized spacial score (nSPS) is 18.8. The molecular weight excluding hydrogens is 284 g/mol. The van der Waals surface area contributed by atoms with Crippen molar-refractivity contribution in [1.29, 1.82) is 0 Å². The molecule has 0 bridgehead atoms. The van der Waals surface area contributed by atoms with Crippen LogP contribution in [0.3, 0.4) is 0 Å². The van der Waals surface area contributed by atoms with Gasteiger partial charge in [-0.2, -0.15) is 4.98 Å². The van der Waals surface area contributed by atoms with Crippen molar-refractivity contribution in [2.24, 2.45) is 0 Å². The first-order valence-corrected chi connectivity index (χ1v) is 6.48. The number of rotatable bonds is 3. The molecule has 94 valence electrons. The lowest BCUT2D eigenvalue weighted by Gasteiger charge is -2.35. The fourth-order valence-electron chi connectivity index (χ4n) is 1.81. The highest BCUT2D eigenvalue weighted by Crippen LogP contribution is 2.28. The SMILES string of the molecule is CNc1ncc(Br)c(NC2(C)CCOCC2)n1. The molecule has 2 rings (SSSR count). The summed E-state index contributed by atoms with van der Waals surface area (Å²) in [6.45, 7) is 3.79. The molecule has 1 fully saturated rings. The van der Waals surface area contributed by atoms with E-state index in [-0.39, 0.29) is 5.54 Å². The maximum Gasteiger partial charge on any atom is 0.224 e. The molecule has 1 aliphatic rings. The third-order valence-corrected chi connectivity index (χ3v) is 3.56. The lowest BCUT2D eigenvalue weighted by molar-refractivity contribution is 0.0657. The Morgan fingerprint density at radius 3 is 2.76 bits per heavy atom. The number of ether oxygens (including phenoxy) is 1. The van der Waals surface area contributed by atoms with Crippen molar-refractivity contribution in [2.75, 3.05) is 30.9 Å². The third-order valence-electron chi connectivity index (χ3n) is 2.98. The van der Waals surface area contributed by atoms with Crippen LogP contribution in [-0.2, 0) is 4.74 Å². The number of nitrogens with zero attached hydrogens (tertiary/aromatic N) is 2. The summed E-state index contributed by atoms with van der Waals surface area (Å²) in [5.41, 5.74) is 0.0418. The van der Waals surface area contributed by atoms with Gasteiger partial charge in [0.25, 0.3) is 0 Å². The minimum absolute atomic E-state index is 0.0418. The molecule has 17 heavy (non-hydrogen) atoms. The Kier molecular flexibility index (Phi) is 3.83. The molecule has 5 nitrogen and oxygen atoms in total. The predicted octanol–water partition coefficient (Wildman–Crippen LogP) is 2.26. The second-order valence-corrected chi connectivity index (χ2v) is 5.29. The van der Waals surface area contributed by atoms with Gasteiger partial charge < -0.3 is 15.4 Å². The van der Waals surface area contributed by atoms with Gasteiger partial charge in [0, 0.05) is 32.0 Å². The Hall–Kier alpha value is -0.880. The summed E-state index contributed by atoms with van der Waals surface area (Å²) < 4.78 is 6.26. The average molecular weight is 301 g/mol. The second-order valence-electron chi connectivity index (χ2n) is 4.44. The van der Waals surface area contributed by atoms with E-state index in [1.54, 1.807) is 6.20 Å². The standard InChI is InChI=1S/C11H17BrN4O/c1-11(3-5-17-6-4-11)16-9-8(12)7-14-10(13-2)15-9/h7H,3-6H2,1-2H3,(H2,13,14,15,16). The van der Waals surface area contributed by atoms with Gasteiger partial charge in [0.05, 0.1) is 4.47 Å². The highest BCUT2D eigenvalue weighted by Gasteiger charge is 2.28. The van der Waals surface area contributed by atoms with Crippen LogP contribution < -0.4 is 10.6 Å². The molecule has 0 unspecified atom stereocenters. The zero-order chi connectivity index (χ0) is 12.3. The topological polar surface area (TPSA) is 59.1 Å². The zero-order valence-corrected chi connectivity index (χ0v) is 11.7. The van der Waals surface area contributed by atoms with E-state index in [1.807, 2.05) is 7.05 Å². The van der Waals surface area contributed by atoms with Crippen LogP contribution in [0.5, 0.6) is 0 Å². The predicted molar refractivity (Wildman–Crippen MR) is 71.4 cm³/mol. The number of aromatic nitrogens is 2. The van der Waals surface area contributed by atoms with E-state index in [9.17, 15) is 0 Å². The molecule has 0 amide bonds. The summed E-state index contributed by atoms with van der Waals surface area (Å²) in [6.07, 6.45) is 3.72. The van der Waals surface area contributed by atoms with Gasteiger partial charge in [0.15, 0.2) is 0 Å². The van der Waals surface area contributed by atoms with E-state index in [4.69, 9.17) is 4.74 Å². The first kappa shape index (κ1) is 12.6. The van der Waals surface area contributed by atoms with Crippen LogP contribution in [0.2, 0.25) is 0 Å². The monoisotopic (exact) mass is 300 g/mol. The first-order valence-electron chi connectivity index (χ1n) is 5.69. The summed E-state index contributed by atoms with van der Waals surface area (Å²) >= 11 is 3.46. The number of nitrogens with one attached hydrogen (secondary N) is 2. The molecule has 0 aliphatic carbocycles. The summed E-state index contributed by atoms with van der Waals surface area (Å²) in [4.78, 5) is 8.55. The molecule has 1 aromatic rings. The molecule has 2 heterocycles.